The smallest absolute Gasteiger partial charge is 0.273 e. The monoisotopic (exact) mass is 311 g/mol. The zero-order valence-corrected chi connectivity index (χ0v) is 14.6. The molecule has 5 nitrogen and oxygen atoms in total. The number of ketones is 1. The van der Waals surface area contributed by atoms with Gasteiger partial charge in [-0.3, -0.25) is 14.9 Å². The van der Waals surface area contributed by atoms with Crippen LogP contribution in [0.4, 0.5) is 5.69 Å². The summed E-state index contributed by atoms with van der Waals surface area (Å²) in [7, 11) is 1.49. The molecule has 22 heavy (non-hydrogen) atoms. The van der Waals surface area contributed by atoms with Crippen LogP contribution in [0.3, 0.4) is 0 Å². The summed E-state index contributed by atoms with van der Waals surface area (Å²) in [6, 6.07) is 4.53. The van der Waals surface area contributed by atoms with Crippen LogP contribution >= 0.6 is 0 Å². The van der Waals surface area contributed by atoms with E-state index in [1.54, 1.807) is 6.07 Å². The molecule has 0 aliphatic heterocycles. The minimum absolute atomic E-state index is 0.0532. The van der Waals surface area contributed by atoms with Gasteiger partial charge in [0, 0.05) is 18.9 Å². The average Bonchev–Trinajstić information content (AvgIpc) is 2.50. The van der Waals surface area contributed by atoms with Gasteiger partial charge < -0.3 is 4.74 Å². The van der Waals surface area contributed by atoms with E-state index in [0.717, 1.165) is 31.2 Å². The standard InChI is InChI=1S/C8H9NO3.C7H14O.C2H6/c1-6-3-4-7(9(10)11)5-8(6)12-2;1-3-5-7(8)6-4-2;1-2/h3-5H,1-2H3;3-6H2,1-2H3;1-2H3. The molecule has 0 saturated heterocycles. The third kappa shape index (κ3) is 9.91. The molecule has 0 unspecified atom stereocenters. The van der Waals surface area contributed by atoms with Gasteiger partial charge in [-0.05, 0) is 31.4 Å². The number of hydrogen-bond acceptors (Lipinski definition) is 4. The molecule has 0 spiro atoms. The Morgan fingerprint density at radius 3 is 2.05 bits per heavy atom. The van der Waals surface area contributed by atoms with Crippen LogP contribution in [0.25, 0.3) is 0 Å². The van der Waals surface area contributed by atoms with Crippen LogP contribution in [0.15, 0.2) is 18.2 Å². The van der Waals surface area contributed by atoms with Gasteiger partial charge in [-0.25, -0.2) is 0 Å². The van der Waals surface area contributed by atoms with Gasteiger partial charge >= 0.3 is 0 Å². The highest BCUT2D eigenvalue weighted by molar-refractivity contribution is 5.78. The molecule has 0 atom stereocenters. The van der Waals surface area contributed by atoms with E-state index in [0.29, 0.717) is 11.5 Å². The molecule has 0 fully saturated rings. The lowest BCUT2D eigenvalue weighted by molar-refractivity contribution is -0.384. The molecule has 0 radical (unpaired) electrons. The number of nitro benzene ring substituents is 1. The minimum Gasteiger partial charge on any atom is -0.496 e. The first-order valence-corrected chi connectivity index (χ1v) is 7.76. The van der Waals surface area contributed by atoms with E-state index in [1.807, 2.05) is 34.6 Å². The number of ether oxygens (including phenoxy) is 1. The summed E-state index contributed by atoms with van der Waals surface area (Å²) in [6.45, 7) is 9.91. The number of nitro groups is 1. The van der Waals surface area contributed by atoms with Gasteiger partial charge in [-0.1, -0.05) is 27.7 Å². The molecule has 0 saturated carbocycles. The van der Waals surface area contributed by atoms with Crippen LogP contribution in [0.1, 0.15) is 58.9 Å². The van der Waals surface area contributed by atoms with Crippen LogP contribution < -0.4 is 4.74 Å². The van der Waals surface area contributed by atoms with E-state index in [9.17, 15) is 14.9 Å². The number of Topliss-reactive ketones (excluding diaryl/α,β-unsaturated/α-hetero) is 1. The normalized spacial score (nSPS) is 8.82. The molecule has 1 aromatic rings. The first-order valence-electron chi connectivity index (χ1n) is 7.76. The number of methoxy groups -OCH3 is 1. The summed E-state index contributed by atoms with van der Waals surface area (Å²) in [5.41, 5.74) is 0.945. The van der Waals surface area contributed by atoms with E-state index in [2.05, 4.69) is 0 Å². The van der Waals surface area contributed by atoms with Crippen LogP contribution in [-0.4, -0.2) is 17.8 Å². The van der Waals surface area contributed by atoms with Gasteiger partial charge in [-0.2, -0.15) is 0 Å². The van der Waals surface area contributed by atoms with Crippen molar-refractivity contribution in [1.29, 1.82) is 0 Å². The Kier molecular flexibility index (Phi) is 14.3. The second-order valence-electron chi connectivity index (χ2n) is 4.45. The van der Waals surface area contributed by atoms with E-state index in [-0.39, 0.29) is 5.69 Å². The SMILES string of the molecule is CC.CCCC(=O)CCC.COc1cc([N+](=O)[O-])ccc1C. The quantitative estimate of drug-likeness (QED) is 0.541. The Labute approximate surface area is 133 Å². The maximum atomic E-state index is 10.6. The molecule has 126 valence electrons. The van der Waals surface area contributed by atoms with Crippen molar-refractivity contribution in [3.8, 4) is 5.75 Å². The maximum absolute atomic E-state index is 10.6. The lowest BCUT2D eigenvalue weighted by Crippen LogP contribution is -1.93. The number of hydrogen-bond donors (Lipinski definition) is 0. The zero-order valence-electron chi connectivity index (χ0n) is 14.6. The summed E-state index contributed by atoms with van der Waals surface area (Å²) in [4.78, 5) is 20.5. The van der Waals surface area contributed by atoms with Crippen LogP contribution in [0, 0.1) is 17.0 Å². The number of nitrogens with zero attached hydrogens (tertiary/aromatic N) is 1. The van der Waals surface area contributed by atoms with Crippen molar-refractivity contribution < 1.29 is 14.5 Å². The van der Waals surface area contributed by atoms with Gasteiger partial charge in [0.15, 0.2) is 0 Å². The molecule has 0 aliphatic rings. The van der Waals surface area contributed by atoms with E-state index >= 15 is 0 Å². The van der Waals surface area contributed by atoms with Crippen molar-refractivity contribution in [2.45, 2.75) is 60.3 Å². The van der Waals surface area contributed by atoms with Gasteiger partial charge in [0.05, 0.1) is 18.1 Å². The number of carbonyl (C=O) groups is 1. The van der Waals surface area contributed by atoms with Crippen molar-refractivity contribution >= 4 is 11.5 Å². The van der Waals surface area contributed by atoms with Crippen molar-refractivity contribution in [1.82, 2.24) is 0 Å². The largest absolute Gasteiger partial charge is 0.496 e. The number of rotatable bonds is 6. The molecule has 0 heterocycles. The Hall–Kier alpha value is -1.91. The van der Waals surface area contributed by atoms with Crippen molar-refractivity contribution in [3.63, 3.8) is 0 Å². The lowest BCUT2D eigenvalue weighted by Gasteiger charge is -2.02. The minimum atomic E-state index is -0.443. The fourth-order valence-electron chi connectivity index (χ4n) is 1.60. The third-order valence-corrected chi connectivity index (χ3v) is 2.66. The van der Waals surface area contributed by atoms with E-state index in [1.165, 1.54) is 19.2 Å². The van der Waals surface area contributed by atoms with Crippen LogP contribution in [-0.2, 0) is 4.79 Å². The second kappa shape index (κ2) is 14.0. The van der Waals surface area contributed by atoms with Crippen LogP contribution in [0.2, 0.25) is 0 Å². The molecule has 0 N–H and O–H groups in total. The summed E-state index contributed by atoms with van der Waals surface area (Å²) < 4.78 is 4.93. The number of benzene rings is 1. The lowest BCUT2D eigenvalue weighted by atomic mass is 10.1. The van der Waals surface area contributed by atoms with E-state index < -0.39 is 4.92 Å². The highest BCUT2D eigenvalue weighted by atomic mass is 16.6. The fraction of sp³-hybridized carbons (Fsp3) is 0.588. The average molecular weight is 311 g/mol. The Bertz CT molecular complexity index is 436. The second-order valence-corrected chi connectivity index (χ2v) is 4.45. The molecular weight excluding hydrogens is 282 g/mol. The molecule has 0 bridgehead atoms. The zero-order chi connectivity index (χ0) is 17.5. The van der Waals surface area contributed by atoms with Crippen molar-refractivity contribution in [3.05, 3.63) is 33.9 Å². The van der Waals surface area contributed by atoms with Gasteiger partial charge in [-0.15, -0.1) is 0 Å². The summed E-state index contributed by atoms with van der Waals surface area (Å²) in [5, 5.41) is 10.3. The summed E-state index contributed by atoms with van der Waals surface area (Å²) in [6.07, 6.45) is 3.54. The van der Waals surface area contributed by atoms with Crippen molar-refractivity contribution in [2.24, 2.45) is 0 Å². The highest BCUT2D eigenvalue weighted by Crippen LogP contribution is 2.23. The molecule has 5 heteroatoms. The Morgan fingerprint density at radius 1 is 1.18 bits per heavy atom. The maximum Gasteiger partial charge on any atom is 0.273 e. The first-order chi connectivity index (χ1) is 10.5. The predicted molar refractivity (Wildman–Crippen MR) is 90.6 cm³/mol. The molecule has 1 aromatic carbocycles. The molecule has 0 amide bonds. The Balaban J connectivity index is 0. The number of aryl methyl sites for hydroxylation is 1. The van der Waals surface area contributed by atoms with Gasteiger partial charge in [0.1, 0.15) is 11.5 Å². The number of non-ortho nitro benzene ring substituents is 1. The fourth-order valence-corrected chi connectivity index (χ4v) is 1.60. The first kappa shape index (κ1) is 22.4. The topological polar surface area (TPSA) is 69.4 Å². The molecular formula is C17H29NO4. The van der Waals surface area contributed by atoms with E-state index in [4.69, 9.17) is 4.74 Å². The highest BCUT2D eigenvalue weighted by Gasteiger charge is 2.07. The summed E-state index contributed by atoms with van der Waals surface area (Å²) >= 11 is 0. The molecule has 0 aliphatic carbocycles. The predicted octanol–water partition coefficient (Wildman–Crippen LogP) is 5.09. The van der Waals surface area contributed by atoms with Crippen molar-refractivity contribution in [2.75, 3.05) is 7.11 Å². The van der Waals surface area contributed by atoms with Crippen LogP contribution in [0.5, 0.6) is 5.75 Å². The molecule has 1 rings (SSSR count). The van der Waals surface area contributed by atoms with Gasteiger partial charge in [0.2, 0.25) is 0 Å². The Morgan fingerprint density at radius 2 is 1.68 bits per heavy atom. The molecule has 0 aromatic heterocycles. The summed E-state index contributed by atoms with van der Waals surface area (Å²) in [5.74, 6) is 0.958. The number of carbonyl (C=O) groups excluding carboxylic acids is 1. The third-order valence-electron chi connectivity index (χ3n) is 2.66. The van der Waals surface area contributed by atoms with Gasteiger partial charge in [0.25, 0.3) is 5.69 Å².